The Hall–Kier alpha value is -0.930. The van der Waals surface area contributed by atoms with Crippen LogP contribution in [0.3, 0.4) is 0 Å². The van der Waals surface area contributed by atoms with Gasteiger partial charge in [-0.3, -0.25) is 4.79 Å². The van der Waals surface area contributed by atoms with E-state index in [1.165, 1.54) is 0 Å². The fourth-order valence-electron chi connectivity index (χ4n) is 0.893. The molecule has 0 unspecified atom stereocenters. The molecule has 0 spiro atoms. The Labute approximate surface area is 78.4 Å². The van der Waals surface area contributed by atoms with Crippen LogP contribution in [0.1, 0.15) is 19.8 Å². The molecule has 0 bridgehead atoms. The summed E-state index contributed by atoms with van der Waals surface area (Å²) in [5, 5.41) is 17.2. The Balaban J connectivity index is 3.83. The van der Waals surface area contributed by atoms with Gasteiger partial charge in [0.15, 0.2) is 0 Å². The van der Waals surface area contributed by atoms with Crippen molar-refractivity contribution in [3.05, 3.63) is 23.3 Å². The molecular formula is C10H16O3. The highest BCUT2D eigenvalue weighted by Crippen LogP contribution is 2.05. The van der Waals surface area contributed by atoms with Crippen LogP contribution in [0.15, 0.2) is 23.3 Å². The van der Waals surface area contributed by atoms with Gasteiger partial charge in [0.05, 0.1) is 13.2 Å². The highest BCUT2D eigenvalue weighted by molar-refractivity contribution is 5.73. The van der Waals surface area contributed by atoms with Gasteiger partial charge in [-0.2, -0.15) is 0 Å². The molecule has 0 aliphatic rings. The van der Waals surface area contributed by atoms with Crippen molar-refractivity contribution in [2.75, 3.05) is 13.2 Å². The molecule has 0 rings (SSSR count). The van der Waals surface area contributed by atoms with Gasteiger partial charge in [0.1, 0.15) is 6.29 Å². The minimum Gasteiger partial charge on any atom is -0.392 e. The lowest BCUT2D eigenvalue weighted by atomic mass is 10.1. The monoisotopic (exact) mass is 184 g/mol. The zero-order chi connectivity index (χ0) is 10.1. The Bertz CT molecular complexity index is 204. The predicted octanol–water partition coefficient (Wildman–Crippen LogP) is 0.823. The molecule has 0 aliphatic heterocycles. The second kappa shape index (κ2) is 7.71. The van der Waals surface area contributed by atoms with Crippen LogP contribution in [0.25, 0.3) is 0 Å². The molecule has 0 saturated carbocycles. The molecule has 0 aromatic heterocycles. The van der Waals surface area contributed by atoms with Crippen molar-refractivity contribution in [1.29, 1.82) is 0 Å². The molecule has 2 N–H and O–H groups in total. The molecule has 74 valence electrons. The minimum absolute atomic E-state index is 0.0517. The molecule has 0 amide bonds. The predicted molar refractivity (Wildman–Crippen MR) is 51.3 cm³/mol. The van der Waals surface area contributed by atoms with E-state index in [1.807, 2.05) is 6.92 Å². The van der Waals surface area contributed by atoms with Crippen molar-refractivity contribution in [2.24, 2.45) is 0 Å². The summed E-state index contributed by atoms with van der Waals surface area (Å²) < 4.78 is 0. The number of allylic oxidation sites excluding steroid dienone is 2. The lowest BCUT2D eigenvalue weighted by Gasteiger charge is -1.97. The molecule has 0 saturated heterocycles. The number of aliphatic hydroxyl groups excluding tert-OH is 2. The molecule has 0 radical (unpaired) electrons. The molecule has 0 fully saturated rings. The summed E-state index contributed by atoms with van der Waals surface area (Å²) in [6.07, 6.45) is 5.62. The summed E-state index contributed by atoms with van der Waals surface area (Å²) in [4.78, 5) is 10.3. The van der Waals surface area contributed by atoms with Crippen LogP contribution in [0, 0.1) is 0 Å². The van der Waals surface area contributed by atoms with Crippen LogP contribution in [0.2, 0.25) is 0 Å². The van der Waals surface area contributed by atoms with Crippen LogP contribution in [0.4, 0.5) is 0 Å². The molecular weight excluding hydrogens is 168 g/mol. The quantitative estimate of drug-likeness (QED) is 0.365. The number of aldehydes is 1. The van der Waals surface area contributed by atoms with E-state index in [0.29, 0.717) is 11.9 Å². The fourth-order valence-corrected chi connectivity index (χ4v) is 0.893. The Morgan fingerprint density at radius 2 is 2.00 bits per heavy atom. The van der Waals surface area contributed by atoms with Gasteiger partial charge in [-0.1, -0.05) is 17.7 Å². The first-order valence-corrected chi connectivity index (χ1v) is 4.26. The van der Waals surface area contributed by atoms with Gasteiger partial charge in [-0.25, -0.2) is 0 Å². The highest BCUT2D eigenvalue weighted by Gasteiger charge is 1.92. The van der Waals surface area contributed by atoms with Gasteiger partial charge in [-0.15, -0.1) is 0 Å². The van der Waals surface area contributed by atoms with E-state index in [0.717, 1.165) is 18.4 Å². The fraction of sp³-hybridized carbons (Fsp3) is 0.500. The van der Waals surface area contributed by atoms with Crippen LogP contribution >= 0.6 is 0 Å². The average Bonchev–Trinajstić information content (AvgIpc) is 2.13. The molecule has 0 aromatic carbocycles. The minimum atomic E-state index is -0.202. The highest BCUT2D eigenvalue weighted by atomic mass is 16.3. The molecule has 13 heavy (non-hydrogen) atoms. The molecule has 0 aromatic rings. The van der Waals surface area contributed by atoms with Crippen LogP contribution in [-0.2, 0) is 4.79 Å². The summed E-state index contributed by atoms with van der Waals surface area (Å²) in [6.45, 7) is 1.77. The van der Waals surface area contributed by atoms with E-state index in [1.54, 1.807) is 12.2 Å². The van der Waals surface area contributed by atoms with Crippen molar-refractivity contribution in [1.82, 2.24) is 0 Å². The maximum absolute atomic E-state index is 10.3. The standard InChI is InChI=1S/C10H16O3/c1-9(5-6-11)3-2-4-10(7-12)8-13/h4-5,7,11,13H,2-3,6,8H2,1H3. The molecule has 3 nitrogen and oxygen atoms in total. The summed E-state index contributed by atoms with van der Waals surface area (Å²) >= 11 is 0. The number of carbonyl (C=O) groups excluding carboxylic acids is 1. The van der Waals surface area contributed by atoms with Crippen molar-refractivity contribution in [3.8, 4) is 0 Å². The second-order valence-electron chi connectivity index (χ2n) is 2.83. The zero-order valence-electron chi connectivity index (χ0n) is 7.86. The smallest absolute Gasteiger partial charge is 0.148 e. The Morgan fingerprint density at radius 3 is 2.46 bits per heavy atom. The Kier molecular flexibility index (Phi) is 7.15. The Morgan fingerprint density at radius 1 is 1.31 bits per heavy atom. The molecule has 0 aliphatic carbocycles. The van der Waals surface area contributed by atoms with Crippen molar-refractivity contribution < 1.29 is 15.0 Å². The first-order valence-electron chi connectivity index (χ1n) is 4.26. The van der Waals surface area contributed by atoms with Crippen molar-refractivity contribution in [2.45, 2.75) is 19.8 Å². The van der Waals surface area contributed by atoms with E-state index >= 15 is 0 Å². The van der Waals surface area contributed by atoms with Crippen molar-refractivity contribution >= 4 is 6.29 Å². The van der Waals surface area contributed by atoms with Crippen LogP contribution in [0.5, 0.6) is 0 Å². The van der Waals surface area contributed by atoms with E-state index in [4.69, 9.17) is 10.2 Å². The van der Waals surface area contributed by atoms with Gasteiger partial charge in [0.25, 0.3) is 0 Å². The number of hydrogen-bond acceptors (Lipinski definition) is 3. The van der Waals surface area contributed by atoms with E-state index in [-0.39, 0.29) is 13.2 Å². The van der Waals surface area contributed by atoms with Gasteiger partial charge < -0.3 is 10.2 Å². The van der Waals surface area contributed by atoms with E-state index in [2.05, 4.69) is 0 Å². The third-order valence-electron chi connectivity index (χ3n) is 1.72. The first-order chi connectivity index (χ1) is 6.24. The second-order valence-corrected chi connectivity index (χ2v) is 2.83. The van der Waals surface area contributed by atoms with Gasteiger partial charge >= 0.3 is 0 Å². The third kappa shape index (κ3) is 6.25. The lowest BCUT2D eigenvalue weighted by molar-refractivity contribution is -0.105. The summed E-state index contributed by atoms with van der Waals surface area (Å²) in [5.41, 5.74) is 1.50. The number of carbonyl (C=O) groups is 1. The van der Waals surface area contributed by atoms with Crippen LogP contribution < -0.4 is 0 Å². The molecule has 0 heterocycles. The number of hydrogen-bond donors (Lipinski definition) is 2. The normalized spacial score (nSPS) is 13.2. The topological polar surface area (TPSA) is 57.5 Å². The number of rotatable bonds is 6. The SMILES string of the molecule is CC(=CCO)CCC=C(C=O)CO. The van der Waals surface area contributed by atoms with Crippen LogP contribution in [-0.4, -0.2) is 29.7 Å². The maximum atomic E-state index is 10.3. The summed E-state index contributed by atoms with van der Waals surface area (Å²) in [6, 6.07) is 0. The van der Waals surface area contributed by atoms with Crippen molar-refractivity contribution in [3.63, 3.8) is 0 Å². The van der Waals surface area contributed by atoms with Gasteiger partial charge in [0.2, 0.25) is 0 Å². The number of aliphatic hydroxyl groups is 2. The average molecular weight is 184 g/mol. The van der Waals surface area contributed by atoms with Gasteiger partial charge in [-0.05, 0) is 19.8 Å². The largest absolute Gasteiger partial charge is 0.392 e. The zero-order valence-corrected chi connectivity index (χ0v) is 7.86. The van der Waals surface area contributed by atoms with E-state index < -0.39 is 0 Å². The summed E-state index contributed by atoms with van der Waals surface area (Å²) in [5.74, 6) is 0. The maximum Gasteiger partial charge on any atom is 0.148 e. The van der Waals surface area contributed by atoms with Gasteiger partial charge in [0, 0.05) is 5.57 Å². The summed E-state index contributed by atoms with van der Waals surface area (Å²) in [7, 11) is 0. The molecule has 3 heteroatoms. The lowest BCUT2D eigenvalue weighted by Crippen LogP contribution is -1.91. The first kappa shape index (κ1) is 12.1. The van der Waals surface area contributed by atoms with E-state index in [9.17, 15) is 4.79 Å². The molecule has 0 atom stereocenters. The third-order valence-corrected chi connectivity index (χ3v) is 1.72.